The van der Waals surface area contributed by atoms with Crippen molar-refractivity contribution in [3.05, 3.63) is 94.8 Å². The summed E-state index contributed by atoms with van der Waals surface area (Å²) in [5.41, 5.74) is 1.23. The molecule has 12 heteroatoms. The minimum atomic E-state index is -1.05. The lowest BCUT2D eigenvalue weighted by Crippen LogP contribution is -2.29. The summed E-state index contributed by atoms with van der Waals surface area (Å²) >= 11 is 2.36. The number of aliphatic hydroxyl groups excluding tert-OH is 1. The number of anilines is 1. The number of thioether (sulfide) groups is 1. The maximum Gasteiger partial charge on any atom is 0.301 e. The highest BCUT2D eigenvalue weighted by Gasteiger charge is 2.48. The summed E-state index contributed by atoms with van der Waals surface area (Å²) in [5, 5.41) is 20.1. The number of carbonyl (C=O) groups excluding carboxylic acids is 2. The SMILES string of the molecule is CCCCOc1ccc(/C(O)=C2\C(=O)C(=O)N(c3nnc(SCc4ccccc4F)s3)C2c2ccc(OCC)c(OC)c2)cc1. The Labute approximate surface area is 268 Å². The van der Waals surface area contributed by atoms with Gasteiger partial charge in [0.1, 0.15) is 17.3 Å². The number of Topliss-reactive ketones (excluding diaryl/α,β-unsaturated/α-hetero) is 1. The zero-order valence-electron chi connectivity index (χ0n) is 25.0. The molecule has 1 aliphatic rings. The highest BCUT2D eigenvalue weighted by atomic mass is 32.2. The molecule has 4 aromatic rings. The molecule has 45 heavy (non-hydrogen) atoms. The maximum atomic E-state index is 14.2. The van der Waals surface area contributed by atoms with Gasteiger partial charge in [0.15, 0.2) is 15.8 Å². The second-order valence-electron chi connectivity index (χ2n) is 9.97. The molecule has 1 atom stereocenters. The lowest BCUT2D eigenvalue weighted by atomic mass is 9.95. The van der Waals surface area contributed by atoms with E-state index in [9.17, 15) is 19.1 Å². The Kier molecular flexibility index (Phi) is 10.4. The molecule has 1 saturated heterocycles. The van der Waals surface area contributed by atoms with Crippen molar-refractivity contribution in [1.29, 1.82) is 0 Å². The summed E-state index contributed by atoms with van der Waals surface area (Å²) in [6.45, 7) is 4.89. The van der Waals surface area contributed by atoms with Gasteiger partial charge in [-0.2, -0.15) is 0 Å². The van der Waals surface area contributed by atoms with Crippen LogP contribution in [0.4, 0.5) is 9.52 Å². The molecule has 1 aliphatic heterocycles. The van der Waals surface area contributed by atoms with Crippen molar-refractivity contribution in [2.24, 2.45) is 0 Å². The quantitative estimate of drug-likeness (QED) is 0.0402. The van der Waals surface area contributed by atoms with Gasteiger partial charge in [0, 0.05) is 11.3 Å². The van der Waals surface area contributed by atoms with Crippen molar-refractivity contribution >= 4 is 45.7 Å². The van der Waals surface area contributed by atoms with Crippen LogP contribution in [0.1, 0.15) is 49.4 Å². The molecule has 1 unspecified atom stereocenters. The van der Waals surface area contributed by atoms with Crippen molar-refractivity contribution in [1.82, 2.24) is 10.2 Å². The highest BCUT2D eigenvalue weighted by molar-refractivity contribution is 8.00. The Hall–Kier alpha value is -4.42. The number of ketones is 1. The van der Waals surface area contributed by atoms with Crippen molar-refractivity contribution in [3.63, 3.8) is 0 Å². The second kappa shape index (κ2) is 14.6. The van der Waals surface area contributed by atoms with Crippen LogP contribution in [0.15, 0.2) is 76.6 Å². The van der Waals surface area contributed by atoms with Crippen LogP contribution in [0.2, 0.25) is 0 Å². The average Bonchev–Trinajstić information content (AvgIpc) is 3.62. The van der Waals surface area contributed by atoms with Gasteiger partial charge in [-0.15, -0.1) is 10.2 Å². The zero-order valence-corrected chi connectivity index (χ0v) is 26.6. The number of carbonyl (C=O) groups is 2. The number of methoxy groups -OCH3 is 1. The second-order valence-corrected chi connectivity index (χ2v) is 12.1. The minimum Gasteiger partial charge on any atom is -0.507 e. The number of rotatable bonds is 13. The van der Waals surface area contributed by atoms with E-state index < -0.39 is 17.7 Å². The van der Waals surface area contributed by atoms with E-state index >= 15 is 0 Å². The van der Waals surface area contributed by atoms with Gasteiger partial charge in [0.05, 0.1) is 31.9 Å². The van der Waals surface area contributed by atoms with Crippen LogP contribution < -0.4 is 19.1 Å². The van der Waals surface area contributed by atoms with Gasteiger partial charge in [0.25, 0.3) is 5.78 Å². The standard InChI is InChI=1S/C33H32FN3O6S2/c1-4-6-17-43-23-14-11-20(12-15-23)29(38)27-28(21-13-16-25(42-5-2)26(18-21)41-3)37(31(40)30(27)39)32-35-36-33(45-32)44-19-22-9-7-8-10-24(22)34/h7-16,18,28,38H,4-6,17,19H2,1-3H3/b29-27+. The molecule has 0 aliphatic carbocycles. The van der Waals surface area contributed by atoms with Crippen molar-refractivity contribution < 1.29 is 33.3 Å². The predicted octanol–water partition coefficient (Wildman–Crippen LogP) is 7.18. The van der Waals surface area contributed by atoms with Gasteiger partial charge < -0.3 is 19.3 Å². The zero-order chi connectivity index (χ0) is 31.9. The average molecular weight is 650 g/mol. The van der Waals surface area contributed by atoms with E-state index in [2.05, 4.69) is 17.1 Å². The molecule has 0 bridgehead atoms. The molecular formula is C33H32FN3O6S2. The first-order valence-electron chi connectivity index (χ1n) is 14.4. The molecule has 1 amide bonds. The normalized spacial score (nSPS) is 15.8. The molecule has 9 nitrogen and oxygen atoms in total. The molecule has 1 aromatic heterocycles. The molecule has 0 spiro atoms. The van der Waals surface area contributed by atoms with Crippen molar-refractivity contribution in [2.75, 3.05) is 25.2 Å². The number of nitrogens with zero attached hydrogens (tertiary/aromatic N) is 3. The Morgan fingerprint density at radius 2 is 1.80 bits per heavy atom. The number of halogens is 1. The summed E-state index contributed by atoms with van der Waals surface area (Å²) in [6.07, 6.45) is 1.90. The Bertz CT molecular complexity index is 1710. The minimum absolute atomic E-state index is 0.110. The summed E-state index contributed by atoms with van der Waals surface area (Å²) in [5.74, 6) is -0.591. The molecule has 0 radical (unpaired) electrons. The first-order valence-corrected chi connectivity index (χ1v) is 16.2. The third kappa shape index (κ3) is 6.97. The van der Waals surface area contributed by atoms with Crippen LogP contribution in [0.25, 0.3) is 5.76 Å². The van der Waals surface area contributed by atoms with Gasteiger partial charge in [-0.25, -0.2) is 4.39 Å². The number of ether oxygens (including phenoxy) is 3. The van der Waals surface area contributed by atoms with Crippen molar-refractivity contribution in [2.45, 2.75) is 42.8 Å². The van der Waals surface area contributed by atoms with E-state index in [1.807, 2.05) is 6.92 Å². The molecule has 1 N–H and O–H groups in total. The van der Waals surface area contributed by atoms with Crippen LogP contribution in [-0.4, -0.2) is 47.3 Å². The summed E-state index contributed by atoms with van der Waals surface area (Å²) in [6, 6.07) is 17.2. The fourth-order valence-corrected chi connectivity index (χ4v) is 6.64. The largest absolute Gasteiger partial charge is 0.507 e. The highest BCUT2D eigenvalue weighted by Crippen LogP contribution is 2.45. The number of aliphatic hydroxyl groups is 1. The maximum absolute atomic E-state index is 14.2. The number of benzene rings is 3. The summed E-state index contributed by atoms with van der Waals surface area (Å²) < 4.78 is 31.6. The molecule has 0 saturated carbocycles. The topological polar surface area (TPSA) is 111 Å². The van der Waals surface area contributed by atoms with Crippen LogP contribution in [-0.2, 0) is 15.3 Å². The molecule has 1 fully saturated rings. The summed E-state index contributed by atoms with van der Waals surface area (Å²) in [4.78, 5) is 28.5. The first kappa shape index (κ1) is 32.0. The van der Waals surface area contributed by atoms with Crippen LogP contribution in [0, 0.1) is 5.82 Å². The van der Waals surface area contributed by atoms with E-state index in [0.29, 0.717) is 57.2 Å². The molecule has 3 aromatic carbocycles. The van der Waals surface area contributed by atoms with Crippen LogP contribution in [0.5, 0.6) is 17.2 Å². The first-order chi connectivity index (χ1) is 21.9. The van der Waals surface area contributed by atoms with Gasteiger partial charge in [-0.1, -0.05) is 60.7 Å². The van der Waals surface area contributed by atoms with Crippen LogP contribution >= 0.6 is 23.1 Å². The third-order valence-corrected chi connectivity index (χ3v) is 9.16. The number of hydrogen-bond donors (Lipinski definition) is 1. The van der Waals surface area contributed by atoms with Crippen LogP contribution in [0.3, 0.4) is 0 Å². The lowest BCUT2D eigenvalue weighted by Gasteiger charge is -2.23. The van der Waals surface area contributed by atoms with E-state index in [0.717, 1.165) is 24.2 Å². The molecule has 2 heterocycles. The van der Waals surface area contributed by atoms with E-state index in [1.54, 1.807) is 60.7 Å². The number of unbranched alkanes of at least 4 members (excludes halogenated alkanes) is 1. The predicted molar refractivity (Wildman–Crippen MR) is 172 cm³/mol. The fraction of sp³-hybridized carbons (Fsp3) is 0.273. The van der Waals surface area contributed by atoms with Gasteiger partial charge in [-0.3, -0.25) is 14.5 Å². The van der Waals surface area contributed by atoms with Gasteiger partial charge >= 0.3 is 5.91 Å². The van der Waals surface area contributed by atoms with Crippen molar-refractivity contribution in [3.8, 4) is 17.2 Å². The molecule has 234 valence electrons. The summed E-state index contributed by atoms with van der Waals surface area (Å²) in [7, 11) is 1.49. The fourth-order valence-electron chi connectivity index (χ4n) is 4.79. The van der Waals surface area contributed by atoms with E-state index in [1.165, 1.54) is 29.8 Å². The monoisotopic (exact) mass is 649 g/mol. The van der Waals surface area contributed by atoms with Gasteiger partial charge in [-0.05, 0) is 66.9 Å². The Morgan fingerprint density at radius 3 is 2.51 bits per heavy atom. The third-order valence-electron chi connectivity index (χ3n) is 7.05. The lowest BCUT2D eigenvalue weighted by molar-refractivity contribution is -0.132. The Balaban J connectivity index is 1.54. The van der Waals surface area contributed by atoms with Gasteiger partial charge in [0.2, 0.25) is 5.13 Å². The smallest absolute Gasteiger partial charge is 0.301 e. The number of amides is 1. The van der Waals surface area contributed by atoms with E-state index in [-0.39, 0.29) is 22.3 Å². The Morgan fingerprint density at radius 1 is 1.02 bits per heavy atom. The molecule has 5 rings (SSSR count). The van der Waals surface area contributed by atoms with E-state index in [4.69, 9.17) is 14.2 Å². The number of hydrogen-bond acceptors (Lipinski definition) is 10. The number of aromatic nitrogens is 2. The molecular weight excluding hydrogens is 618 g/mol.